The third kappa shape index (κ3) is 2.44. The van der Waals surface area contributed by atoms with E-state index in [2.05, 4.69) is 4.74 Å². The van der Waals surface area contributed by atoms with Crippen LogP contribution in [0.4, 0.5) is 4.79 Å². The Morgan fingerprint density at radius 3 is 2.85 bits per heavy atom. The largest absolute Gasteiger partial charge is 0.447 e. The fraction of sp³-hybridized carbons (Fsp3) is 0.778. The van der Waals surface area contributed by atoms with Gasteiger partial charge in [0.2, 0.25) is 5.91 Å². The molecule has 2 amide bonds. The molecule has 1 rings (SSSR count). The van der Waals surface area contributed by atoms with Crippen molar-refractivity contribution in [2.45, 2.75) is 26.7 Å². The van der Waals surface area contributed by atoms with E-state index in [9.17, 15) is 9.59 Å². The zero-order valence-corrected chi connectivity index (χ0v) is 8.08. The molecule has 1 heterocycles. The van der Waals surface area contributed by atoms with Gasteiger partial charge in [-0.1, -0.05) is 20.3 Å². The molecule has 13 heavy (non-hydrogen) atoms. The van der Waals surface area contributed by atoms with Gasteiger partial charge in [0.25, 0.3) is 0 Å². The molecule has 74 valence electrons. The molecule has 0 radical (unpaired) electrons. The lowest BCUT2D eigenvalue weighted by molar-refractivity contribution is -0.128. The first-order valence-electron chi connectivity index (χ1n) is 4.62. The van der Waals surface area contributed by atoms with Gasteiger partial charge in [-0.2, -0.15) is 0 Å². The fourth-order valence-electron chi connectivity index (χ4n) is 1.17. The molecular weight excluding hydrogens is 170 g/mol. The SMILES string of the molecule is CC[C@@H](C)CC(=O)N1CCOC1=O. The molecule has 1 saturated heterocycles. The summed E-state index contributed by atoms with van der Waals surface area (Å²) in [5, 5.41) is 0. The Morgan fingerprint density at radius 2 is 2.38 bits per heavy atom. The second kappa shape index (κ2) is 4.25. The van der Waals surface area contributed by atoms with Gasteiger partial charge in [0.1, 0.15) is 6.61 Å². The highest BCUT2D eigenvalue weighted by Crippen LogP contribution is 2.12. The summed E-state index contributed by atoms with van der Waals surface area (Å²) in [5.74, 6) is 0.220. The highest BCUT2D eigenvalue weighted by Gasteiger charge is 2.28. The zero-order chi connectivity index (χ0) is 9.84. The van der Waals surface area contributed by atoms with Crippen LogP contribution in [0.1, 0.15) is 26.7 Å². The van der Waals surface area contributed by atoms with E-state index in [0.29, 0.717) is 25.5 Å². The monoisotopic (exact) mass is 185 g/mol. The lowest BCUT2D eigenvalue weighted by atomic mass is 10.0. The van der Waals surface area contributed by atoms with Gasteiger partial charge in [0.05, 0.1) is 6.54 Å². The second-order valence-corrected chi connectivity index (χ2v) is 3.38. The van der Waals surface area contributed by atoms with Crippen molar-refractivity contribution in [1.82, 2.24) is 4.90 Å². The second-order valence-electron chi connectivity index (χ2n) is 3.38. The Balaban J connectivity index is 2.43. The Labute approximate surface area is 77.8 Å². The van der Waals surface area contributed by atoms with Crippen LogP contribution in [0.25, 0.3) is 0 Å². The van der Waals surface area contributed by atoms with E-state index in [1.165, 1.54) is 4.90 Å². The van der Waals surface area contributed by atoms with Crippen molar-refractivity contribution in [3.63, 3.8) is 0 Å². The summed E-state index contributed by atoms with van der Waals surface area (Å²) in [6.45, 7) is 4.78. The summed E-state index contributed by atoms with van der Waals surface area (Å²) in [7, 11) is 0. The van der Waals surface area contributed by atoms with Crippen molar-refractivity contribution in [1.29, 1.82) is 0 Å². The fourth-order valence-corrected chi connectivity index (χ4v) is 1.17. The van der Waals surface area contributed by atoms with Gasteiger partial charge in [-0.3, -0.25) is 4.79 Å². The zero-order valence-electron chi connectivity index (χ0n) is 8.08. The predicted molar refractivity (Wildman–Crippen MR) is 47.1 cm³/mol. The molecule has 0 aliphatic carbocycles. The predicted octanol–water partition coefficient (Wildman–Crippen LogP) is 1.40. The summed E-state index contributed by atoms with van der Waals surface area (Å²) in [4.78, 5) is 23.6. The van der Waals surface area contributed by atoms with Crippen molar-refractivity contribution in [3.05, 3.63) is 0 Å². The highest BCUT2D eigenvalue weighted by molar-refractivity contribution is 5.92. The number of nitrogens with zero attached hydrogens (tertiary/aromatic N) is 1. The maximum Gasteiger partial charge on any atom is 0.416 e. The average molecular weight is 185 g/mol. The molecule has 1 aliphatic heterocycles. The van der Waals surface area contributed by atoms with Crippen LogP contribution in [-0.2, 0) is 9.53 Å². The number of ether oxygens (including phenoxy) is 1. The number of amides is 2. The van der Waals surface area contributed by atoms with Crippen LogP contribution in [0.3, 0.4) is 0 Å². The number of hydrogen-bond acceptors (Lipinski definition) is 3. The topological polar surface area (TPSA) is 46.6 Å². The van der Waals surface area contributed by atoms with Crippen LogP contribution >= 0.6 is 0 Å². The molecule has 1 aliphatic rings. The van der Waals surface area contributed by atoms with E-state index >= 15 is 0 Å². The summed E-state index contributed by atoms with van der Waals surface area (Å²) in [6.07, 6.45) is 0.897. The standard InChI is InChI=1S/C9H15NO3/c1-3-7(2)6-8(11)10-4-5-13-9(10)12/h7H,3-6H2,1-2H3/t7-/m1/s1. The molecule has 0 aromatic heterocycles. The van der Waals surface area contributed by atoms with Crippen molar-refractivity contribution in [2.75, 3.05) is 13.2 Å². The van der Waals surface area contributed by atoms with Crippen LogP contribution < -0.4 is 0 Å². The number of rotatable bonds is 3. The number of cyclic esters (lactones) is 1. The maximum absolute atomic E-state index is 11.5. The average Bonchev–Trinajstić information content (AvgIpc) is 2.51. The molecule has 1 fully saturated rings. The van der Waals surface area contributed by atoms with E-state index < -0.39 is 6.09 Å². The summed E-state index contributed by atoms with van der Waals surface area (Å²) in [6, 6.07) is 0. The van der Waals surface area contributed by atoms with Crippen molar-refractivity contribution in [2.24, 2.45) is 5.92 Å². The van der Waals surface area contributed by atoms with Crippen LogP contribution in [0.15, 0.2) is 0 Å². The van der Waals surface area contributed by atoms with Crippen LogP contribution in [-0.4, -0.2) is 30.1 Å². The maximum atomic E-state index is 11.5. The van der Waals surface area contributed by atoms with Crippen molar-refractivity contribution in [3.8, 4) is 0 Å². The number of hydrogen-bond donors (Lipinski definition) is 0. The van der Waals surface area contributed by atoms with Gasteiger partial charge in [-0.25, -0.2) is 9.69 Å². The molecule has 0 unspecified atom stereocenters. The smallest absolute Gasteiger partial charge is 0.416 e. The Hall–Kier alpha value is -1.06. The van der Waals surface area contributed by atoms with Crippen LogP contribution in [0, 0.1) is 5.92 Å². The molecule has 0 spiro atoms. The van der Waals surface area contributed by atoms with Gasteiger partial charge in [0, 0.05) is 6.42 Å². The molecule has 0 N–H and O–H groups in total. The summed E-state index contributed by atoms with van der Waals surface area (Å²) >= 11 is 0. The Bertz CT molecular complexity index is 215. The third-order valence-electron chi connectivity index (χ3n) is 2.28. The summed E-state index contributed by atoms with van der Waals surface area (Å²) < 4.78 is 4.67. The molecule has 0 aromatic carbocycles. The molecule has 0 saturated carbocycles. The van der Waals surface area contributed by atoms with Gasteiger partial charge in [0.15, 0.2) is 0 Å². The lowest BCUT2D eigenvalue weighted by Gasteiger charge is -2.13. The van der Waals surface area contributed by atoms with E-state index in [0.717, 1.165) is 6.42 Å². The van der Waals surface area contributed by atoms with Crippen LogP contribution in [0.2, 0.25) is 0 Å². The Kier molecular flexibility index (Phi) is 3.28. The highest BCUT2D eigenvalue weighted by atomic mass is 16.6. The first-order chi connectivity index (χ1) is 6.15. The van der Waals surface area contributed by atoms with Gasteiger partial charge in [-0.05, 0) is 5.92 Å². The number of carbonyl (C=O) groups is 2. The van der Waals surface area contributed by atoms with Gasteiger partial charge < -0.3 is 4.74 Å². The molecule has 1 atom stereocenters. The molecule has 0 aromatic rings. The molecular formula is C9H15NO3. The van der Waals surface area contributed by atoms with Gasteiger partial charge in [-0.15, -0.1) is 0 Å². The first kappa shape index (κ1) is 10.0. The van der Waals surface area contributed by atoms with E-state index in [4.69, 9.17) is 0 Å². The first-order valence-corrected chi connectivity index (χ1v) is 4.62. The Morgan fingerprint density at radius 1 is 1.69 bits per heavy atom. The van der Waals surface area contributed by atoms with E-state index in [1.807, 2.05) is 13.8 Å². The molecule has 4 nitrogen and oxygen atoms in total. The lowest BCUT2D eigenvalue weighted by Crippen LogP contribution is -2.32. The minimum atomic E-state index is -0.492. The van der Waals surface area contributed by atoms with E-state index in [1.54, 1.807) is 0 Å². The van der Waals surface area contributed by atoms with Gasteiger partial charge >= 0.3 is 6.09 Å². The van der Waals surface area contributed by atoms with Crippen LogP contribution in [0.5, 0.6) is 0 Å². The quantitative estimate of drug-likeness (QED) is 0.667. The molecule has 0 bridgehead atoms. The summed E-state index contributed by atoms with van der Waals surface area (Å²) in [5.41, 5.74) is 0. The van der Waals surface area contributed by atoms with Crippen molar-refractivity contribution >= 4 is 12.0 Å². The molecule has 4 heteroatoms. The minimum Gasteiger partial charge on any atom is -0.447 e. The minimum absolute atomic E-state index is 0.114. The van der Waals surface area contributed by atoms with Crippen molar-refractivity contribution < 1.29 is 14.3 Å². The normalized spacial score (nSPS) is 18.6. The third-order valence-corrected chi connectivity index (χ3v) is 2.28. The number of imide groups is 1. The number of carbonyl (C=O) groups excluding carboxylic acids is 2. The van der Waals surface area contributed by atoms with E-state index in [-0.39, 0.29) is 5.91 Å².